The lowest BCUT2D eigenvalue weighted by atomic mass is 9.70. The highest BCUT2D eigenvalue weighted by Gasteiger charge is 2.44. The molecular formula is C53H50. The molecule has 53 heavy (non-hydrogen) atoms. The third-order valence-corrected chi connectivity index (χ3v) is 13.1. The minimum atomic E-state index is 0.00261. The molecule has 3 aromatic rings. The van der Waals surface area contributed by atoms with Gasteiger partial charge in [-0.05, 0) is 157 Å². The molecule has 2 unspecified atom stereocenters. The van der Waals surface area contributed by atoms with Gasteiger partial charge < -0.3 is 0 Å². The van der Waals surface area contributed by atoms with Crippen LogP contribution in [0, 0.1) is 17.3 Å². The molecule has 0 heterocycles. The molecule has 0 saturated heterocycles. The van der Waals surface area contributed by atoms with E-state index in [1.165, 1.54) is 102 Å². The smallest absolute Gasteiger partial charge is 0.00232 e. The molecule has 6 aliphatic rings. The second-order valence-corrected chi connectivity index (χ2v) is 16.3. The van der Waals surface area contributed by atoms with E-state index in [0.29, 0.717) is 11.8 Å². The highest BCUT2D eigenvalue weighted by atomic mass is 14.5. The van der Waals surface area contributed by atoms with E-state index in [4.69, 9.17) is 0 Å². The van der Waals surface area contributed by atoms with Gasteiger partial charge in [0.15, 0.2) is 0 Å². The van der Waals surface area contributed by atoms with Crippen molar-refractivity contribution in [3.05, 3.63) is 202 Å². The van der Waals surface area contributed by atoms with Gasteiger partial charge in [-0.3, -0.25) is 0 Å². The summed E-state index contributed by atoms with van der Waals surface area (Å²) in [5.41, 5.74) is 17.1. The third-order valence-electron chi connectivity index (χ3n) is 13.1. The Bertz CT molecular complexity index is 2380. The normalized spacial score (nSPS) is 23.7. The summed E-state index contributed by atoms with van der Waals surface area (Å²) in [6.45, 7) is 13.1. The molecule has 3 aromatic carbocycles. The zero-order valence-electron chi connectivity index (χ0n) is 31.4. The van der Waals surface area contributed by atoms with Gasteiger partial charge in [0, 0.05) is 0 Å². The molecule has 6 aliphatic carbocycles. The summed E-state index contributed by atoms with van der Waals surface area (Å²) in [5, 5.41) is 5.41. The maximum Gasteiger partial charge on any atom is -0.00232 e. The van der Waals surface area contributed by atoms with E-state index in [2.05, 4.69) is 155 Å². The number of benzene rings is 3. The van der Waals surface area contributed by atoms with Gasteiger partial charge >= 0.3 is 0 Å². The average molecular weight is 687 g/mol. The molecule has 9 rings (SSSR count). The summed E-state index contributed by atoms with van der Waals surface area (Å²) in [7, 11) is 0. The minimum absolute atomic E-state index is 0.00261. The second-order valence-electron chi connectivity index (χ2n) is 16.3. The number of allylic oxidation sites excluding steroid dienone is 24. The summed E-state index contributed by atoms with van der Waals surface area (Å²) in [4.78, 5) is 0. The topological polar surface area (TPSA) is 0 Å². The van der Waals surface area contributed by atoms with Crippen LogP contribution in [0.4, 0.5) is 0 Å². The van der Waals surface area contributed by atoms with Crippen molar-refractivity contribution in [2.75, 3.05) is 0 Å². The molecule has 0 aliphatic heterocycles. The summed E-state index contributed by atoms with van der Waals surface area (Å²) < 4.78 is 0. The van der Waals surface area contributed by atoms with Gasteiger partial charge in [0.05, 0.1) is 0 Å². The van der Waals surface area contributed by atoms with Crippen LogP contribution in [-0.2, 0) is 0 Å². The summed E-state index contributed by atoms with van der Waals surface area (Å²) in [6.07, 6.45) is 41.6. The molecule has 0 nitrogen and oxygen atoms in total. The fourth-order valence-electron chi connectivity index (χ4n) is 10.2. The third kappa shape index (κ3) is 5.84. The van der Waals surface area contributed by atoms with Crippen LogP contribution < -0.4 is 0 Å². The molecule has 0 radical (unpaired) electrons. The molecule has 0 amide bonds. The molecule has 0 spiro atoms. The Morgan fingerprint density at radius 2 is 1.19 bits per heavy atom. The molecule has 0 heteroatoms. The predicted molar refractivity (Wildman–Crippen MR) is 229 cm³/mol. The highest BCUT2D eigenvalue weighted by molar-refractivity contribution is 6.16. The second kappa shape index (κ2) is 13.7. The van der Waals surface area contributed by atoms with Crippen molar-refractivity contribution in [3.63, 3.8) is 0 Å². The van der Waals surface area contributed by atoms with E-state index in [1.54, 1.807) is 5.57 Å². The predicted octanol–water partition coefficient (Wildman–Crippen LogP) is 14.6. The van der Waals surface area contributed by atoms with E-state index in [1.807, 2.05) is 6.08 Å². The molecule has 262 valence electrons. The van der Waals surface area contributed by atoms with Crippen LogP contribution in [0.1, 0.15) is 76.3 Å². The first kappa shape index (κ1) is 33.6. The molecule has 0 saturated carbocycles. The SMILES string of the molecule is C=CC1=C(C=C)C(C)(C)C2CC(c3c4ccccc4c(C4=CC=C(C=CC5=CC=C(C6=CC=C7C=CCCC7C6)CC5)CC4)c4ccccc34)=CC=C12. The van der Waals surface area contributed by atoms with E-state index in [0.717, 1.165) is 32.1 Å². The zero-order valence-corrected chi connectivity index (χ0v) is 31.4. The van der Waals surface area contributed by atoms with E-state index < -0.39 is 0 Å². The number of hydrogen-bond acceptors (Lipinski definition) is 0. The summed E-state index contributed by atoms with van der Waals surface area (Å²) in [5.74, 6) is 1.11. The van der Waals surface area contributed by atoms with Crippen LogP contribution in [0.15, 0.2) is 191 Å². The van der Waals surface area contributed by atoms with Crippen LogP contribution in [0.3, 0.4) is 0 Å². The first-order chi connectivity index (χ1) is 25.9. The van der Waals surface area contributed by atoms with Crippen LogP contribution in [-0.4, -0.2) is 0 Å². The molecule has 0 N–H and O–H groups in total. The van der Waals surface area contributed by atoms with Crippen molar-refractivity contribution in [1.82, 2.24) is 0 Å². The lowest BCUT2D eigenvalue weighted by molar-refractivity contribution is 0.340. The van der Waals surface area contributed by atoms with Crippen molar-refractivity contribution in [1.29, 1.82) is 0 Å². The first-order valence-electron chi connectivity index (χ1n) is 19.8. The lowest BCUT2D eigenvalue weighted by Gasteiger charge is -2.33. The molecular weight excluding hydrogens is 637 g/mol. The average Bonchev–Trinajstić information content (AvgIpc) is 3.43. The monoisotopic (exact) mass is 686 g/mol. The van der Waals surface area contributed by atoms with Gasteiger partial charge in [0.25, 0.3) is 0 Å². The number of rotatable bonds is 7. The lowest BCUT2D eigenvalue weighted by Crippen LogP contribution is -2.23. The Morgan fingerprint density at radius 3 is 1.77 bits per heavy atom. The summed E-state index contributed by atoms with van der Waals surface area (Å²) in [6, 6.07) is 18.2. The molecule has 2 atom stereocenters. The van der Waals surface area contributed by atoms with Gasteiger partial charge in [-0.2, -0.15) is 0 Å². The maximum atomic E-state index is 4.20. The first-order valence-corrected chi connectivity index (χ1v) is 19.8. The fraction of sp³-hybridized carbons (Fsp3) is 0.245. The van der Waals surface area contributed by atoms with Crippen molar-refractivity contribution < 1.29 is 0 Å². The van der Waals surface area contributed by atoms with Crippen molar-refractivity contribution >= 4 is 32.7 Å². The minimum Gasteiger partial charge on any atom is -0.0987 e. The van der Waals surface area contributed by atoms with Gasteiger partial charge in [0.1, 0.15) is 0 Å². The van der Waals surface area contributed by atoms with Crippen LogP contribution in [0.25, 0.3) is 32.7 Å². The van der Waals surface area contributed by atoms with E-state index in [9.17, 15) is 0 Å². The Balaban J connectivity index is 1.02. The Kier molecular flexibility index (Phi) is 8.66. The maximum absolute atomic E-state index is 4.20. The van der Waals surface area contributed by atoms with Crippen LogP contribution >= 0.6 is 0 Å². The summed E-state index contributed by atoms with van der Waals surface area (Å²) >= 11 is 0. The zero-order chi connectivity index (χ0) is 36.1. The Labute approximate surface area is 316 Å². The quantitative estimate of drug-likeness (QED) is 0.217. The number of hydrogen-bond donors (Lipinski definition) is 0. The largest absolute Gasteiger partial charge is 0.0987 e. The molecule has 0 bridgehead atoms. The van der Waals surface area contributed by atoms with E-state index in [-0.39, 0.29) is 5.41 Å². The van der Waals surface area contributed by atoms with Crippen LogP contribution in [0.5, 0.6) is 0 Å². The Morgan fingerprint density at radius 1 is 0.604 bits per heavy atom. The van der Waals surface area contributed by atoms with Gasteiger partial charge in [-0.1, -0.05) is 161 Å². The Hall–Kier alpha value is -5.20. The van der Waals surface area contributed by atoms with Crippen LogP contribution in [0.2, 0.25) is 0 Å². The van der Waals surface area contributed by atoms with Gasteiger partial charge in [-0.15, -0.1) is 0 Å². The number of fused-ring (bicyclic) bond motifs is 4. The van der Waals surface area contributed by atoms with Crippen molar-refractivity contribution in [2.24, 2.45) is 17.3 Å². The highest BCUT2D eigenvalue weighted by Crippen LogP contribution is 2.56. The molecule has 0 aromatic heterocycles. The standard InChI is InChI=1S/C53H50/c1-5-43-44-32-31-42(34-50(44)53(3,4)49(43)6-2)52-47-17-11-9-15-45(47)51(46-16-10-12-18-48(46)52)39-27-23-36(24-28-39)20-19-35-21-25-38(26-22-35)41-30-29-37-13-7-8-14-40(37)33-41/h5-7,9-13,15-21,23,25,27,29-32,40,50H,1-2,8,14,22,24,26,28,33-34H2,3-4H3. The molecule has 0 fully saturated rings. The van der Waals surface area contributed by atoms with Crippen molar-refractivity contribution in [3.8, 4) is 0 Å². The fourth-order valence-corrected chi connectivity index (χ4v) is 10.2. The van der Waals surface area contributed by atoms with Crippen molar-refractivity contribution in [2.45, 2.75) is 65.2 Å². The van der Waals surface area contributed by atoms with Gasteiger partial charge in [0.2, 0.25) is 0 Å². The van der Waals surface area contributed by atoms with E-state index >= 15 is 0 Å². The van der Waals surface area contributed by atoms with Gasteiger partial charge in [-0.25, -0.2) is 0 Å².